The van der Waals surface area contributed by atoms with Crippen LogP contribution >= 0.6 is 0 Å². The Hall–Kier alpha value is -3.01. The molecule has 2 aromatic rings. The maximum absolute atomic E-state index is 12.6. The van der Waals surface area contributed by atoms with Crippen LogP contribution in [0.4, 0.5) is 17.3 Å². The molecule has 182 valence electrons. The van der Waals surface area contributed by atoms with E-state index in [0.29, 0.717) is 31.4 Å². The molecule has 0 aliphatic carbocycles. The van der Waals surface area contributed by atoms with Gasteiger partial charge in [0.2, 0.25) is 5.91 Å². The maximum Gasteiger partial charge on any atom is 0.225 e. The van der Waals surface area contributed by atoms with Gasteiger partial charge < -0.3 is 14.4 Å². The molecule has 0 radical (unpaired) electrons. The lowest BCUT2D eigenvalue weighted by Gasteiger charge is -2.31. The molecule has 34 heavy (non-hydrogen) atoms. The van der Waals surface area contributed by atoms with Gasteiger partial charge in [0.15, 0.2) is 5.82 Å². The summed E-state index contributed by atoms with van der Waals surface area (Å²) in [7, 11) is 0. The number of anilines is 3. The van der Waals surface area contributed by atoms with E-state index in [9.17, 15) is 4.79 Å². The van der Waals surface area contributed by atoms with Crippen molar-refractivity contribution in [1.82, 2.24) is 9.88 Å². The molecule has 1 aromatic carbocycles. The number of hydrogen-bond acceptors (Lipinski definition) is 8. The van der Waals surface area contributed by atoms with Gasteiger partial charge in [-0.1, -0.05) is 29.8 Å². The molecule has 0 atom stereocenters. The van der Waals surface area contributed by atoms with Crippen molar-refractivity contribution in [2.45, 2.75) is 13.8 Å². The van der Waals surface area contributed by atoms with Gasteiger partial charge in [-0.15, -0.1) is 0 Å². The van der Waals surface area contributed by atoms with Crippen LogP contribution in [0.5, 0.6) is 0 Å². The summed E-state index contributed by atoms with van der Waals surface area (Å²) in [4.78, 5) is 23.7. The Morgan fingerprint density at radius 3 is 2.56 bits per heavy atom. The summed E-state index contributed by atoms with van der Waals surface area (Å²) in [5.74, 6) is 1.19. The van der Waals surface area contributed by atoms with Gasteiger partial charge in [0, 0.05) is 64.0 Å². The molecule has 9 heteroatoms. The summed E-state index contributed by atoms with van der Waals surface area (Å²) < 4.78 is 11.0. The summed E-state index contributed by atoms with van der Waals surface area (Å²) in [5, 5.41) is 4.40. The summed E-state index contributed by atoms with van der Waals surface area (Å²) >= 11 is 0. The van der Waals surface area contributed by atoms with Gasteiger partial charge in [-0.25, -0.2) is 4.98 Å². The minimum atomic E-state index is -0.0332. The van der Waals surface area contributed by atoms with E-state index in [1.807, 2.05) is 24.3 Å². The second kappa shape index (κ2) is 11.9. The smallest absolute Gasteiger partial charge is 0.225 e. The van der Waals surface area contributed by atoms with Gasteiger partial charge >= 0.3 is 0 Å². The average Bonchev–Trinajstić information content (AvgIpc) is 2.85. The minimum absolute atomic E-state index is 0.0332. The first-order chi connectivity index (χ1) is 16.6. The highest BCUT2D eigenvalue weighted by atomic mass is 16.5. The van der Waals surface area contributed by atoms with Crippen molar-refractivity contribution in [3.05, 3.63) is 47.5 Å². The van der Waals surface area contributed by atoms with Crippen LogP contribution in [0.3, 0.4) is 0 Å². The molecule has 3 heterocycles. The lowest BCUT2D eigenvalue weighted by molar-refractivity contribution is -0.116. The quantitative estimate of drug-likeness (QED) is 0.472. The van der Waals surface area contributed by atoms with Crippen LogP contribution in [0.15, 0.2) is 41.5 Å². The van der Waals surface area contributed by atoms with Gasteiger partial charge in [0.05, 0.1) is 32.6 Å². The number of ether oxygens (including phenoxy) is 2. The largest absolute Gasteiger partial charge is 0.379 e. The molecular weight excluding hydrogens is 432 g/mol. The number of carbonyl (C=O) groups is 1. The average molecular weight is 467 g/mol. The van der Waals surface area contributed by atoms with E-state index in [1.54, 1.807) is 18.0 Å². The van der Waals surface area contributed by atoms with Crippen molar-refractivity contribution in [3.63, 3.8) is 0 Å². The lowest BCUT2D eigenvalue weighted by Crippen LogP contribution is -2.43. The highest BCUT2D eigenvalue weighted by Gasteiger charge is 2.20. The molecule has 0 spiro atoms. The summed E-state index contributed by atoms with van der Waals surface area (Å²) in [6.45, 7) is 11.2. The number of amides is 1. The van der Waals surface area contributed by atoms with Crippen molar-refractivity contribution in [1.29, 1.82) is 0 Å². The van der Waals surface area contributed by atoms with Crippen LogP contribution in [-0.2, 0) is 14.3 Å². The first-order valence-corrected chi connectivity index (χ1v) is 11.9. The van der Waals surface area contributed by atoms with Crippen LogP contribution in [0.1, 0.15) is 18.1 Å². The van der Waals surface area contributed by atoms with E-state index < -0.39 is 0 Å². The molecule has 4 rings (SSSR count). The third-order valence-electron chi connectivity index (χ3n) is 6.01. The Morgan fingerprint density at radius 1 is 1.12 bits per heavy atom. The molecule has 0 bridgehead atoms. The normalized spacial score (nSPS) is 17.2. The fourth-order valence-electron chi connectivity index (χ4n) is 4.12. The van der Waals surface area contributed by atoms with Gasteiger partial charge in [-0.05, 0) is 12.5 Å². The molecule has 1 aromatic heterocycles. The molecule has 9 nitrogen and oxygen atoms in total. The van der Waals surface area contributed by atoms with Crippen LogP contribution in [0.25, 0.3) is 0 Å². The summed E-state index contributed by atoms with van der Waals surface area (Å²) in [6, 6.07) is 12.1. The standard InChI is InChI=1S/C25H34N6O3/c1-20-4-3-5-22(16-20)19-26-28-24-17-23(30-10-14-34-15-11-30)18-25(27-24)31(21(2)32)7-6-29-8-12-33-13-9-29/h3-5,16-19H,6-15H2,1-2H3,(H,27,28). The zero-order valence-corrected chi connectivity index (χ0v) is 20.1. The zero-order valence-electron chi connectivity index (χ0n) is 20.1. The summed E-state index contributed by atoms with van der Waals surface area (Å²) in [6.07, 6.45) is 1.77. The monoisotopic (exact) mass is 466 g/mol. The van der Waals surface area contributed by atoms with E-state index in [-0.39, 0.29) is 5.91 Å². The number of nitrogens with zero attached hydrogens (tertiary/aromatic N) is 5. The second-order valence-corrected chi connectivity index (χ2v) is 8.58. The lowest BCUT2D eigenvalue weighted by atomic mass is 10.2. The number of hydrazone groups is 1. The van der Waals surface area contributed by atoms with Gasteiger partial charge in [0.1, 0.15) is 5.82 Å². The Morgan fingerprint density at radius 2 is 1.85 bits per heavy atom. The molecule has 0 unspecified atom stereocenters. The fourth-order valence-corrected chi connectivity index (χ4v) is 4.12. The minimum Gasteiger partial charge on any atom is -0.379 e. The Bertz CT molecular complexity index is 986. The van der Waals surface area contributed by atoms with Crippen molar-refractivity contribution >= 4 is 29.4 Å². The molecule has 2 saturated heterocycles. The highest BCUT2D eigenvalue weighted by Crippen LogP contribution is 2.26. The number of hydrogen-bond donors (Lipinski definition) is 1. The first-order valence-electron chi connectivity index (χ1n) is 11.9. The molecule has 1 N–H and O–H groups in total. The predicted octanol–water partition coefficient (Wildman–Crippen LogP) is 2.36. The Balaban J connectivity index is 1.55. The van der Waals surface area contributed by atoms with Crippen LogP contribution in [0.2, 0.25) is 0 Å². The van der Waals surface area contributed by atoms with Crippen LogP contribution < -0.4 is 15.2 Å². The maximum atomic E-state index is 12.6. The third-order valence-corrected chi connectivity index (χ3v) is 6.01. The molecule has 2 fully saturated rings. The number of pyridine rings is 1. The van der Waals surface area contributed by atoms with Crippen LogP contribution in [-0.4, -0.2) is 87.7 Å². The van der Waals surface area contributed by atoms with E-state index in [4.69, 9.17) is 14.5 Å². The van der Waals surface area contributed by atoms with E-state index >= 15 is 0 Å². The van der Waals surface area contributed by atoms with E-state index in [0.717, 1.165) is 57.2 Å². The van der Waals surface area contributed by atoms with E-state index in [1.165, 1.54) is 5.56 Å². The number of nitrogens with one attached hydrogen (secondary N) is 1. The van der Waals surface area contributed by atoms with Crippen LogP contribution in [0, 0.1) is 6.92 Å². The first kappa shape index (κ1) is 24.1. The topological polar surface area (TPSA) is 82.5 Å². The number of morpholine rings is 2. The highest BCUT2D eigenvalue weighted by molar-refractivity contribution is 5.91. The predicted molar refractivity (Wildman–Crippen MR) is 135 cm³/mol. The van der Waals surface area contributed by atoms with Crippen molar-refractivity contribution in [2.24, 2.45) is 5.10 Å². The fraction of sp³-hybridized carbons (Fsp3) is 0.480. The molecule has 2 aliphatic rings. The second-order valence-electron chi connectivity index (χ2n) is 8.58. The number of aromatic nitrogens is 1. The number of benzene rings is 1. The number of carbonyl (C=O) groups excluding carboxylic acids is 1. The number of aryl methyl sites for hydroxylation is 1. The SMILES string of the molecule is CC(=O)N(CCN1CCOCC1)c1cc(N2CCOCC2)cc(NN=Cc2cccc(C)c2)n1. The Kier molecular flexibility index (Phi) is 8.46. The number of rotatable bonds is 8. The van der Waals surface area contributed by atoms with Gasteiger partial charge in [-0.2, -0.15) is 5.10 Å². The van der Waals surface area contributed by atoms with Crippen molar-refractivity contribution in [2.75, 3.05) is 80.9 Å². The Labute approximate surface area is 201 Å². The van der Waals surface area contributed by atoms with Gasteiger partial charge in [-0.3, -0.25) is 20.0 Å². The van der Waals surface area contributed by atoms with Gasteiger partial charge in [0.25, 0.3) is 0 Å². The summed E-state index contributed by atoms with van der Waals surface area (Å²) in [5.41, 5.74) is 6.25. The molecule has 0 saturated carbocycles. The molecular formula is C25H34N6O3. The van der Waals surface area contributed by atoms with Crippen molar-refractivity contribution in [3.8, 4) is 0 Å². The van der Waals surface area contributed by atoms with Crippen molar-refractivity contribution < 1.29 is 14.3 Å². The molecule has 2 aliphatic heterocycles. The zero-order chi connectivity index (χ0) is 23.8. The van der Waals surface area contributed by atoms with E-state index in [2.05, 4.69) is 39.4 Å². The third kappa shape index (κ3) is 6.75. The molecule has 1 amide bonds.